The number of carbonyl (C=O) groups excluding carboxylic acids is 1. The maximum Gasteiger partial charge on any atom is 0.234 e. The highest BCUT2D eigenvalue weighted by atomic mass is 16.1. The Labute approximate surface area is 101 Å². The molecule has 0 unspecified atom stereocenters. The summed E-state index contributed by atoms with van der Waals surface area (Å²) in [5, 5.41) is 2.75. The van der Waals surface area contributed by atoms with Gasteiger partial charge in [0.25, 0.3) is 0 Å². The minimum absolute atomic E-state index is 0.0150. The molecule has 0 saturated heterocycles. The Kier molecular flexibility index (Phi) is 5.38. The lowest BCUT2D eigenvalue weighted by atomic mass is 10.2. The molecule has 0 saturated carbocycles. The smallest absolute Gasteiger partial charge is 0.234 e. The summed E-state index contributed by atoms with van der Waals surface area (Å²) < 4.78 is 0. The first-order valence-corrected chi connectivity index (χ1v) is 5.53. The summed E-state index contributed by atoms with van der Waals surface area (Å²) in [5.41, 5.74) is 3.50. The quantitative estimate of drug-likeness (QED) is 0.477. The minimum Gasteiger partial charge on any atom is -0.355 e. The summed E-state index contributed by atoms with van der Waals surface area (Å²) in [6, 6.07) is 3.77. The average Bonchev–Trinajstić information content (AvgIpc) is 2.29. The number of pyridine rings is 1. The van der Waals surface area contributed by atoms with Crippen LogP contribution in [0.3, 0.4) is 0 Å². The van der Waals surface area contributed by atoms with E-state index >= 15 is 0 Å². The van der Waals surface area contributed by atoms with Crippen molar-refractivity contribution >= 4 is 11.7 Å². The Balaban J connectivity index is 2.55. The zero-order valence-corrected chi connectivity index (χ0v) is 10.2. The monoisotopic (exact) mass is 237 g/mol. The van der Waals surface area contributed by atoms with Crippen LogP contribution in [0.2, 0.25) is 0 Å². The molecule has 1 heterocycles. The number of nitrogens with one attached hydrogen (secondary N) is 2. The van der Waals surface area contributed by atoms with Crippen LogP contribution in [-0.4, -0.2) is 35.9 Å². The molecule has 17 heavy (non-hydrogen) atoms. The fourth-order valence-electron chi connectivity index (χ4n) is 1.54. The number of rotatable bonds is 6. The van der Waals surface area contributed by atoms with E-state index in [9.17, 15) is 4.79 Å². The largest absolute Gasteiger partial charge is 0.355 e. The molecule has 94 valence electrons. The molecule has 6 nitrogen and oxygen atoms in total. The summed E-state index contributed by atoms with van der Waals surface area (Å²) in [6.45, 7) is 3.52. The second kappa shape index (κ2) is 6.82. The van der Waals surface area contributed by atoms with Crippen molar-refractivity contribution in [2.75, 3.05) is 25.6 Å². The van der Waals surface area contributed by atoms with Crippen molar-refractivity contribution < 1.29 is 4.79 Å². The Bertz CT molecular complexity index is 369. The van der Waals surface area contributed by atoms with E-state index in [0.29, 0.717) is 25.5 Å². The van der Waals surface area contributed by atoms with Gasteiger partial charge in [-0.15, -0.1) is 0 Å². The van der Waals surface area contributed by atoms with Gasteiger partial charge < -0.3 is 10.7 Å². The molecule has 0 spiro atoms. The van der Waals surface area contributed by atoms with Crippen LogP contribution in [0.25, 0.3) is 0 Å². The van der Waals surface area contributed by atoms with Crippen molar-refractivity contribution in [1.82, 2.24) is 15.2 Å². The molecule has 0 bridgehead atoms. The number of nitrogens with zero attached hydrogens (tertiary/aromatic N) is 2. The van der Waals surface area contributed by atoms with Crippen molar-refractivity contribution in [3.8, 4) is 0 Å². The number of nitrogen functional groups attached to an aromatic ring is 1. The lowest BCUT2D eigenvalue weighted by Gasteiger charge is -2.17. The number of hydrogen-bond acceptors (Lipinski definition) is 5. The predicted octanol–water partition coefficient (Wildman–Crippen LogP) is -0.0649. The van der Waals surface area contributed by atoms with Gasteiger partial charge in [0, 0.05) is 24.8 Å². The number of carbonyl (C=O) groups is 1. The van der Waals surface area contributed by atoms with Crippen LogP contribution in [0.4, 0.5) is 5.82 Å². The molecule has 1 amide bonds. The lowest BCUT2D eigenvalue weighted by Crippen LogP contribution is -2.34. The van der Waals surface area contributed by atoms with Crippen LogP contribution in [0.5, 0.6) is 0 Å². The van der Waals surface area contributed by atoms with E-state index in [-0.39, 0.29) is 5.91 Å². The highest BCUT2D eigenvalue weighted by Crippen LogP contribution is 2.11. The fraction of sp³-hybridized carbons (Fsp3) is 0.455. The molecule has 6 heteroatoms. The van der Waals surface area contributed by atoms with Gasteiger partial charge >= 0.3 is 0 Å². The maximum atomic E-state index is 11.4. The van der Waals surface area contributed by atoms with Crippen LogP contribution in [-0.2, 0) is 11.3 Å². The number of aromatic nitrogens is 1. The first-order chi connectivity index (χ1) is 8.17. The van der Waals surface area contributed by atoms with Crippen molar-refractivity contribution in [2.24, 2.45) is 5.84 Å². The number of anilines is 1. The second-order valence-electron chi connectivity index (χ2n) is 3.78. The molecule has 0 aliphatic heterocycles. The fourth-order valence-corrected chi connectivity index (χ4v) is 1.54. The highest BCUT2D eigenvalue weighted by Gasteiger charge is 2.08. The molecular formula is C11H19N5O. The molecule has 1 rings (SSSR count). The van der Waals surface area contributed by atoms with Crippen LogP contribution in [0, 0.1) is 0 Å². The number of hydrogen-bond donors (Lipinski definition) is 3. The molecule has 4 N–H and O–H groups in total. The third kappa shape index (κ3) is 4.38. The van der Waals surface area contributed by atoms with Crippen LogP contribution >= 0.6 is 0 Å². The predicted molar refractivity (Wildman–Crippen MR) is 67.1 cm³/mol. The van der Waals surface area contributed by atoms with Crippen molar-refractivity contribution in [3.05, 3.63) is 23.9 Å². The summed E-state index contributed by atoms with van der Waals surface area (Å²) in [7, 11) is 1.88. The minimum atomic E-state index is 0.0150. The van der Waals surface area contributed by atoms with Crippen LogP contribution in [0.1, 0.15) is 12.5 Å². The number of amides is 1. The van der Waals surface area contributed by atoms with E-state index in [1.54, 1.807) is 6.20 Å². The molecule has 0 aliphatic carbocycles. The number of likely N-dealkylation sites (N-methyl/N-ethyl adjacent to an activating group) is 2. The summed E-state index contributed by atoms with van der Waals surface area (Å²) >= 11 is 0. The Hall–Kier alpha value is -1.66. The Morgan fingerprint density at radius 3 is 3.00 bits per heavy atom. The van der Waals surface area contributed by atoms with Gasteiger partial charge in [-0.2, -0.15) is 0 Å². The second-order valence-corrected chi connectivity index (χ2v) is 3.78. The van der Waals surface area contributed by atoms with E-state index in [1.807, 2.05) is 31.0 Å². The summed E-state index contributed by atoms with van der Waals surface area (Å²) in [6.07, 6.45) is 1.67. The Morgan fingerprint density at radius 2 is 2.35 bits per heavy atom. The number of hydrazine groups is 1. The van der Waals surface area contributed by atoms with E-state index < -0.39 is 0 Å². The zero-order chi connectivity index (χ0) is 12.7. The van der Waals surface area contributed by atoms with Crippen molar-refractivity contribution in [1.29, 1.82) is 0 Å². The van der Waals surface area contributed by atoms with Gasteiger partial charge in [0.1, 0.15) is 5.82 Å². The average molecular weight is 237 g/mol. The van der Waals surface area contributed by atoms with Gasteiger partial charge in [0.15, 0.2) is 0 Å². The normalized spacial score (nSPS) is 10.4. The first-order valence-electron chi connectivity index (χ1n) is 5.53. The van der Waals surface area contributed by atoms with Gasteiger partial charge in [-0.1, -0.05) is 6.07 Å². The molecule has 1 aromatic heterocycles. The van der Waals surface area contributed by atoms with Gasteiger partial charge in [-0.3, -0.25) is 9.69 Å². The standard InChI is InChI=1S/C11H19N5O/c1-3-13-10(17)8-16(2)7-9-5-4-6-14-11(9)15-12/h4-6H,3,7-8,12H2,1-2H3,(H,13,17)(H,14,15). The zero-order valence-electron chi connectivity index (χ0n) is 10.2. The van der Waals surface area contributed by atoms with E-state index in [1.165, 1.54) is 0 Å². The van der Waals surface area contributed by atoms with E-state index in [2.05, 4.69) is 15.7 Å². The van der Waals surface area contributed by atoms with Gasteiger partial charge in [-0.05, 0) is 20.0 Å². The molecule has 0 atom stereocenters. The number of nitrogens with two attached hydrogens (primary N) is 1. The molecule has 0 fully saturated rings. The molecule has 0 aliphatic rings. The SMILES string of the molecule is CCNC(=O)CN(C)Cc1cccnc1NN. The highest BCUT2D eigenvalue weighted by molar-refractivity contribution is 5.77. The topological polar surface area (TPSA) is 83.3 Å². The van der Waals surface area contributed by atoms with Crippen LogP contribution in [0.15, 0.2) is 18.3 Å². The molecule has 0 aromatic carbocycles. The van der Waals surface area contributed by atoms with Gasteiger partial charge in [-0.25, -0.2) is 10.8 Å². The first kappa shape index (κ1) is 13.4. The van der Waals surface area contributed by atoms with Gasteiger partial charge in [0.05, 0.1) is 6.54 Å². The van der Waals surface area contributed by atoms with Crippen molar-refractivity contribution in [2.45, 2.75) is 13.5 Å². The lowest BCUT2D eigenvalue weighted by molar-refractivity contribution is -0.121. The maximum absolute atomic E-state index is 11.4. The Morgan fingerprint density at radius 1 is 1.59 bits per heavy atom. The van der Waals surface area contributed by atoms with E-state index in [0.717, 1.165) is 5.56 Å². The van der Waals surface area contributed by atoms with Crippen molar-refractivity contribution in [3.63, 3.8) is 0 Å². The van der Waals surface area contributed by atoms with E-state index in [4.69, 9.17) is 5.84 Å². The molecular weight excluding hydrogens is 218 g/mol. The summed E-state index contributed by atoms with van der Waals surface area (Å²) in [4.78, 5) is 17.4. The molecule has 1 aromatic rings. The molecule has 0 radical (unpaired) electrons. The third-order valence-corrected chi connectivity index (χ3v) is 2.26. The third-order valence-electron chi connectivity index (χ3n) is 2.26. The van der Waals surface area contributed by atoms with Gasteiger partial charge in [0.2, 0.25) is 5.91 Å². The van der Waals surface area contributed by atoms with Crippen LogP contribution < -0.4 is 16.6 Å². The summed E-state index contributed by atoms with van der Waals surface area (Å²) in [5.74, 6) is 6.01.